The first-order valence-corrected chi connectivity index (χ1v) is 8.82. The molecule has 0 aliphatic heterocycles. The maximum atomic E-state index is 12.7. The van der Waals surface area contributed by atoms with Gasteiger partial charge in [0.1, 0.15) is 0 Å². The monoisotopic (exact) mass is 364 g/mol. The zero-order valence-corrected chi connectivity index (χ0v) is 16.1. The Kier molecular flexibility index (Phi) is 5.66. The van der Waals surface area contributed by atoms with Crippen LogP contribution in [-0.2, 0) is 11.8 Å². The molecule has 3 aromatic rings. The molecule has 2 aromatic heterocycles. The molecule has 0 radical (unpaired) electrons. The summed E-state index contributed by atoms with van der Waals surface area (Å²) >= 11 is 0. The highest BCUT2D eigenvalue weighted by molar-refractivity contribution is 5.95. The number of amides is 1. The fourth-order valence-electron chi connectivity index (χ4n) is 3.13. The van der Waals surface area contributed by atoms with Crippen molar-refractivity contribution in [1.29, 1.82) is 0 Å². The fraction of sp³-hybridized carbons (Fsp3) is 0.286. The lowest BCUT2D eigenvalue weighted by molar-refractivity contribution is 0.0892. The molecule has 0 aliphatic rings. The first-order valence-electron chi connectivity index (χ1n) is 8.82. The van der Waals surface area contributed by atoms with Crippen LogP contribution in [0.1, 0.15) is 33.5 Å². The van der Waals surface area contributed by atoms with Crippen molar-refractivity contribution in [3.05, 3.63) is 71.3 Å². The van der Waals surface area contributed by atoms with E-state index in [2.05, 4.69) is 21.5 Å². The van der Waals surface area contributed by atoms with Crippen molar-refractivity contribution < 1.29 is 9.53 Å². The second-order valence-electron chi connectivity index (χ2n) is 6.52. The van der Waals surface area contributed by atoms with E-state index in [1.54, 1.807) is 18.0 Å². The minimum Gasteiger partial charge on any atom is -0.382 e. The van der Waals surface area contributed by atoms with E-state index in [-0.39, 0.29) is 11.9 Å². The SMILES string of the molecule is COC[C@H](NC(=O)c1ccc(-c2ccc(C)nc2C)cc1)c1ccnn1C. The van der Waals surface area contributed by atoms with Crippen LogP contribution in [0.5, 0.6) is 0 Å². The van der Waals surface area contributed by atoms with Gasteiger partial charge in [-0.1, -0.05) is 18.2 Å². The Morgan fingerprint density at radius 3 is 2.48 bits per heavy atom. The molecule has 0 bridgehead atoms. The van der Waals surface area contributed by atoms with Gasteiger partial charge in [-0.25, -0.2) is 0 Å². The van der Waals surface area contributed by atoms with E-state index < -0.39 is 0 Å². The van der Waals surface area contributed by atoms with Crippen molar-refractivity contribution in [2.45, 2.75) is 19.9 Å². The van der Waals surface area contributed by atoms with E-state index in [0.29, 0.717) is 12.2 Å². The van der Waals surface area contributed by atoms with Crippen LogP contribution in [0.25, 0.3) is 11.1 Å². The molecule has 0 aliphatic carbocycles. The minimum absolute atomic E-state index is 0.149. The zero-order chi connectivity index (χ0) is 19.4. The minimum atomic E-state index is -0.266. The van der Waals surface area contributed by atoms with E-state index in [9.17, 15) is 4.79 Å². The van der Waals surface area contributed by atoms with Gasteiger partial charge in [0.2, 0.25) is 0 Å². The summed E-state index contributed by atoms with van der Waals surface area (Å²) in [6.07, 6.45) is 1.71. The summed E-state index contributed by atoms with van der Waals surface area (Å²) in [5.41, 5.74) is 5.56. The Morgan fingerprint density at radius 2 is 1.89 bits per heavy atom. The van der Waals surface area contributed by atoms with Crippen molar-refractivity contribution in [2.24, 2.45) is 7.05 Å². The lowest BCUT2D eigenvalue weighted by atomic mass is 10.0. The number of rotatable bonds is 6. The smallest absolute Gasteiger partial charge is 0.251 e. The quantitative estimate of drug-likeness (QED) is 0.729. The van der Waals surface area contributed by atoms with Gasteiger partial charge < -0.3 is 10.1 Å². The number of aryl methyl sites for hydroxylation is 3. The summed E-state index contributed by atoms with van der Waals surface area (Å²) in [5.74, 6) is -0.149. The highest BCUT2D eigenvalue weighted by Crippen LogP contribution is 2.23. The molecule has 0 spiro atoms. The number of hydrogen-bond donors (Lipinski definition) is 1. The van der Waals surface area contributed by atoms with Crippen molar-refractivity contribution in [2.75, 3.05) is 13.7 Å². The number of methoxy groups -OCH3 is 1. The zero-order valence-electron chi connectivity index (χ0n) is 16.1. The second-order valence-corrected chi connectivity index (χ2v) is 6.52. The fourth-order valence-corrected chi connectivity index (χ4v) is 3.13. The lowest BCUT2D eigenvalue weighted by Gasteiger charge is -2.18. The summed E-state index contributed by atoms with van der Waals surface area (Å²) in [4.78, 5) is 17.2. The third-order valence-corrected chi connectivity index (χ3v) is 4.54. The van der Waals surface area contributed by atoms with Crippen LogP contribution in [0.3, 0.4) is 0 Å². The maximum absolute atomic E-state index is 12.7. The van der Waals surface area contributed by atoms with Crippen molar-refractivity contribution >= 4 is 5.91 Å². The maximum Gasteiger partial charge on any atom is 0.251 e. The molecule has 1 amide bonds. The molecule has 1 aromatic carbocycles. The molecule has 0 saturated heterocycles. The number of aromatic nitrogens is 3. The number of ether oxygens (including phenoxy) is 1. The number of nitrogens with zero attached hydrogens (tertiary/aromatic N) is 3. The standard InChI is InChI=1S/C21H24N4O2/c1-14-5-10-18(15(2)23-14)16-6-8-17(9-7-16)21(26)24-19(13-27-4)20-11-12-22-25(20)3/h5-12,19H,13H2,1-4H3,(H,24,26)/t19-/m0/s1. The molecule has 27 heavy (non-hydrogen) atoms. The number of pyridine rings is 1. The van der Waals surface area contributed by atoms with Gasteiger partial charge in [-0.05, 0) is 43.7 Å². The van der Waals surface area contributed by atoms with E-state index in [1.165, 1.54) is 0 Å². The summed E-state index contributed by atoms with van der Waals surface area (Å²) in [6.45, 7) is 4.34. The van der Waals surface area contributed by atoms with Gasteiger partial charge in [-0.15, -0.1) is 0 Å². The summed E-state index contributed by atoms with van der Waals surface area (Å²) in [7, 11) is 3.46. The van der Waals surface area contributed by atoms with Crippen molar-refractivity contribution in [3.8, 4) is 11.1 Å². The third kappa shape index (κ3) is 4.23. The van der Waals surface area contributed by atoms with Crippen LogP contribution in [0, 0.1) is 13.8 Å². The third-order valence-electron chi connectivity index (χ3n) is 4.54. The van der Waals surface area contributed by atoms with E-state index in [1.807, 2.05) is 57.3 Å². The number of carbonyl (C=O) groups is 1. The molecular weight excluding hydrogens is 340 g/mol. The molecule has 6 heteroatoms. The van der Waals surface area contributed by atoms with Crippen LogP contribution in [-0.4, -0.2) is 34.4 Å². The molecule has 3 rings (SSSR count). The van der Waals surface area contributed by atoms with Crippen molar-refractivity contribution in [1.82, 2.24) is 20.1 Å². The predicted octanol–water partition coefficient (Wildman–Crippen LogP) is 3.22. The Morgan fingerprint density at radius 1 is 1.15 bits per heavy atom. The first-order chi connectivity index (χ1) is 13.0. The Balaban J connectivity index is 1.78. The molecule has 6 nitrogen and oxygen atoms in total. The molecule has 2 heterocycles. The van der Waals surface area contributed by atoms with Crippen LogP contribution in [0.4, 0.5) is 0 Å². The molecule has 1 atom stereocenters. The topological polar surface area (TPSA) is 69.0 Å². The van der Waals surface area contributed by atoms with Crippen molar-refractivity contribution in [3.63, 3.8) is 0 Å². The highest BCUT2D eigenvalue weighted by atomic mass is 16.5. The predicted molar refractivity (Wildman–Crippen MR) is 104 cm³/mol. The number of benzene rings is 1. The lowest BCUT2D eigenvalue weighted by Crippen LogP contribution is -2.32. The second kappa shape index (κ2) is 8.14. The largest absolute Gasteiger partial charge is 0.382 e. The molecule has 0 saturated carbocycles. The van der Waals surface area contributed by atoms with Gasteiger partial charge >= 0.3 is 0 Å². The summed E-state index contributed by atoms with van der Waals surface area (Å²) in [5, 5.41) is 7.18. The summed E-state index contributed by atoms with van der Waals surface area (Å²) < 4.78 is 6.99. The Bertz CT molecular complexity index is 932. The summed E-state index contributed by atoms with van der Waals surface area (Å²) in [6, 6.07) is 13.2. The Labute approximate surface area is 159 Å². The van der Waals surface area contributed by atoms with Crippen LogP contribution >= 0.6 is 0 Å². The molecule has 0 unspecified atom stereocenters. The van der Waals surface area contributed by atoms with Gasteiger partial charge in [0.05, 0.1) is 18.3 Å². The van der Waals surface area contributed by atoms with Gasteiger partial charge in [0.15, 0.2) is 0 Å². The van der Waals surface area contributed by atoms with E-state index >= 15 is 0 Å². The number of carbonyl (C=O) groups excluding carboxylic acids is 1. The van der Waals surface area contributed by atoms with Gasteiger partial charge in [0, 0.05) is 42.9 Å². The Hall–Kier alpha value is -2.99. The average Bonchev–Trinajstić information content (AvgIpc) is 3.07. The molecular formula is C21H24N4O2. The molecule has 0 fully saturated rings. The average molecular weight is 364 g/mol. The number of hydrogen-bond acceptors (Lipinski definition) is 4. The number of nitrogens with one attached hydrogen (secondary N) is 1. The van der Waals surface area contributed by atoms with Gasteiger partial charge in [-0.2, -0.15) is 5.10 Å². The normalized spacial score (nSPS) is 12.0. The van der Waals surface area contributed by atoms with Crippen LogP contribution in [0.2, 0.25) is 0 Å². The van der Waals surface area contributed by atoms with E-state index in [0.717, 1.165) is 28.2 Å². The van der Waals surface area contributed by atoms with Crippen LogP contribution in [0.15, 0.2) is 48.7 Å². The van der Waals surface area contributed by atoms with Crippen LogP contribution < -0.4 is 5.32 Å². The van der Waals surface area contributed by atoms with E-state index in [4.69, 9.17) is 4.74 Å². The first kappa shape index (κ1) is 18.8. The molecule has 1 N–H and O–H groups in total. The van der Waals surface area contributed by atoms with Gasteiger partial charge in [-0.3, -0.25) is 14.5 Å². The molecule has 140 valence electrons. The highest BCUT2D eigenvalue weighted by Gasteiger charge is 2.18. The van der Waals surface area contributed by atoms with Gasteiger partial charge in [0.25, 0.3) is 5.91 Å².